The number of nitrogens with two attached hydrogens (primary N) is 1. The van der Waals surface area contributed by atoms with E-state index in [-0.39, 0.29) is 12.0 Å². The fraction of sp³-hybridized carbons (Fsp3) is 0.636. The molecule has 6 nitrogen and oxygen atoms in total. The lowest BCUT2D eigenvalue weighted by molar-refractivity contribution is -0.141. The summed E-state index contributed by atoms with van der Waals surface area (Å²) in [5, 5.41) is 6.86. The third kappa shape index (κ3) is 1.78. The van der Waals surface area contributed by atoms with E-state index in [1.165, 1.54) is 0 Å². The molecular weight excluding hydrogens is 220 g/mol. The van der Waals surface area contributed by atoms with Gasteiger partial charge in [-0.2, -0.15) is 5.10 Å². The van der Waals surface area contributed by atoms with E-state index in [4.69, 9.17) is 10.5 Å². The Labute approximate surface area is 99.1 Å². The molecule has 1 aromatic heterocycles. The predicted molar refractivity (Wildman–Crippen MR) is 61.1 cm³/mol. The number of nitrogens with one attached hydrogen (secondary N) is 1. The predicted octanol–water partition coefficient (Wildman–Crippen LogP) is 0.0556. The lowest BCUT2D eigenvalue weighted by atomic mass is 10.1. The van der Waals surface area contributed by atoms with Crippen LogP contribution in [0.5, 0.6) is 0 Å². The van der Waals surface area contributed by atoms with Crippen molar-refractivity contribution >= 4 is 11.7 Å². The molecule has 0 aliphatic carbocycles. The van der Waals surface area contributed by atoms with Gasteiger partial charge >= 0.3 is 0 Å². The number of H-pyrrole nitrogens is 1. The van der Waals surface area contributed by atoms with Crippen LogP contribution in [0.25, 0.3) is 0 Å². The SMILES string of the molecule is Nc1n[nH]c2c1CCN(C(=O)C1CCCO1)C2. The third-order valence-corrected chi connectivity index (χ3v) is 3.48. The summed E-state index contributed by atoms with van der Waals surface area (Å²) in [7, 11) is 0. The van der Waals surface area contributed by atoms with Crippen molar-refractivity contribution in [1.82, 2.24) is 15.1 Å². The van der Waals surface area contributed by atoms with E-state index in [0.29, 0.717) is 25.5 Å². The van der Waals surface area contributed by atoms with Crippen LogP contribution < -0.4 is 5.73 Å². The second-order valence-electron chi connectivity index (χ2n) is 4.58. The summed E-state index contributed by atoms with van der Waals surface area (Å²) in [5.41, 5.74) is 7.75. The number of anilines is 1. The Hall–Kier alpha value is -1.56. The standard InChI is InChI=1S/C11H16N4O2/c12-10-7-3-4-15(6-8(7)13-14-10)11(16)9-2-1-5-17-9/h9H,1-6H2,(H3,12,13,14). The molecule has 3 N–H and O–H groups in total. The van der Waals surface area contributed by atoms with Crippen LogP contribution in [0.1, 0.15) is 24.1 Å². The van der Waals surface area contributed by atoms with E-state index in [9.17, 15) is 4.79 Å². The molecular formula is C11H16N4O2. The smallest absolute Gasteiger partial charge is 0.252 e. The fourth-order valence-electron chi connectivity index (χ4n) is 2.51. The van der Waals surface area contributed by atoms with Crippen molar-refractivity contribution in [2.75, 3.05) is 18.9 Å². The average Bonchev–Trinajstić information content (AvgIpc) is 2.98. The molecule has 2 aliphatic rings. The monoisotopic (exact) mass is 236 g/mol. The number of fused-ring (bicyclic) bond motifs is 1. The molecule has 0 spiro atoms. The van der Waals surface area contributed by atoms with Crippen LogP contribution in [-0.2, 0) is 22.5 Å². The van der Waals surface area contributed by atoms with Crippen LogP contribution >= 0.6 is 0 Å². The molecule has 0 bridgehead atoms. The summed E-state index contributed by atoms with van der Waals surface area (Å²) in [6, 6.07) is 0. The van der Waals surface area contributed by atoms with Crippen molar-refractivity contribution in [1.29, 1.82) is 0 Å². The zero-order valence-corrected chi connectivity index (χ0v) is 9.61. The van der Waals surface area contributed by atoms with Crippen LogP contribution in [-0.4, -0.2) is 40.3 Å². The van der Waals surface area contributed by atoms with E-state index in [1.807, 2.05) is 4.90 Å². The maximum atomic E-state index is 12.2. The van der Waals surface area contributed by atoms with Gasteiger partial charge in [0.15, 0.2) is 0 Å². The van der Waals surface area contributed by atoms with E-state index >= 15 is 0 Å². The van der Waals surface area contributed by atoms with Gasteiger partial charge in [0.05, 0.1) is 12.2 Å². The molecule has 1 atom stereocenters. The summed E-state index contributed by atoms with van der Waals surface area (Å²) in [6.45, 7) is 1.97. The van der Waals surface area contributed by atoms with Gasteiger partial charge in [0.25, 0.3) is 5.91 Å². The second kappa shape index (κ2) is 4.03. The van der Waals surface area contributed by atoms with Crippen LogP contribution in [0, 0.1) is 0 Å². The van der Waals surface area contributed by atoms with Crippen LogP contribution in [0.3, 0.4) is 0 Å². The van der Waals surface area contributed by atoms with Gasteiger partial charge in [0, 0.05) is 18.7 Å². The number of carbonyl (C=O) groups excluding carboxylic acids is 1. The molecule has 92 valence electrons. The molecule has 3 rings (SSSR count). The molecule has 1 fully saturated rings. The minimum Gasteiger partial charge on any atom is -0.382 e. The van der Waals surface area contributed by atoms with Gasteiger partial charge in [-0.1, -0.05) is 0 Å². The Bertz CT molecular complexity index is 437. The summed E-state index contributed by atoms with van der Waals surface area (Å²) < 4.78 is 5.42. The molecule has 0 aromatic carbocycles. The zero-order valence-electron chi connectivity index (χ0n) is 9.61. The van der Waals surface area contributed by atoms with Crippen molar-refractivity contribution in [2.45, 2.75) is 31.9 Å². The zero-order chi connectivity index (χ0) is 11.8. The lowest BCUT2D eigenvalue weighted by Crippen LogP contribution is -2.41. The highest BCUT2D eigenvalue weighted by molar-refractivity contribution is 5.81. The van der Waals surface area contributed by atoms with Gasteiger partial charge < -0.3 is 15.4 Å². The molecule has 2 aliphatic heterocycles. The Morgan fingerprint density at radius 3 is 3.24 bits per heavy atom. The normalized spacial score (nSPS) is 23.8. The van der Waals surface area contributed by atoms with Crippen molar-refractivity contribution in [2.24, 2.45) is 0 Å². The van der Waals surface area contributed by atoms with Crippen molar-refractivity contribution in [3.8, 4) is 0 Å². The van der Waals surface area contributed by atoms with Gasteiger partial charge in [-0.15, -0.1) is 0 Å². The highest BCUT2D eigenvalue weighted by Crippen LogP contribution is 2.23. The largest absolute Gasteiger partial charge is 0.382 e. The third-order valence-electron chi connectivity index (χ3n) is 3.48. The highest BCUT2D eigenvalue weighted by atomic mass is 16.5. The lowest BCUT2D eigenvalue weighted by Gasteiger charge is -2.28. The topological polar surface area (TPSA) is 84.2 Å². The highest BCUT2D eigenvalue weighted by Gasteiger charge is 2.31. The van der Waals surface area contributed by atoms with E-state index in [0.717, 1.165) is 30.5 Å². The minimum atomic E-state index is -0.239. The van der Waals surface area contributed by atoms with Crippen LogP contribution in [0.2, 0.25) is 0 Å². The molecule has 0 radical (unpaired) electrons. The maximum absolute atomic E-state index is 12.2. The Morgan fingerprint density at radius 1 is 1.59 bits per heavy atom. The number of hydrogen-bond acceptors (Lipinski definition) is 4. The average molecular weight is 236 g/mol. The molecule has 1 saturated heterocycles. The number of carbonyl (C=O) groups is 1. The van der Waals surface area contributed by atoms with E-state index in [1.54, 1.807) is 0 Å². The Morgan fingerprint density at radius 2 is 2.47 bits per heavy atom. The summed E-state index contributed by atoms with van der Waals surface area (Å²) >= 11 is 0. The maximum Gasteiger partial charge on any atom is 0.252 e. The molecule has 6 heteroatoms. The number of nitrogen functional groups attached to an aromatic ring is 1. The van der Waals surface area contributed by atoms with Gasteiger partial charge in [-0.3, -0.25) is 9.89 Å². The van der Waals surface area contributed by atoms with Crippen LogP contribution in [0.4, 0.5) is 5.82 Å². The number of nitrogens with zero attached hydrogens (tertiary/aromatic N) is 2. The first-order valence-electron chi connectivity index (χ1n) is 5.97. The summed E-state index contributed by atoms with van der Waals surface area (Å²) in [4.78, 5) is 14.0. The molecule has 1 unspecified atom stereocenters. The van der Waals surface area contributed by atoms with Crippen LogP contribution in [0.15, 0.2) is 0 Å². The molecule has 1 aromatic rings. The molecule has 1 amide bonds. The van der Waals surface area contributed by atoms with Crippen molar-refractivity contribution < 1.29 is 9.53 Å². The van der Waals surface area contributed by atoms with E-state index < -0.39 is 0 Å². The molecule has 3 heterocycles. The first-order valence-corrected chi connectivity index (χ1v) is 5.97. The Balaban J connectivity index is 1.73. The molecule has 17 heavy (non-hydrogen) atoms. The van der Waals surface area contributed by atoms with Gasteiger partial charge in [0.1, 0.15) is 11.9 Å². The van der Waals surface area contributed by atoms with Crippen molar-refractivity contribution in [3.05, 3.63) is 11.3 Å². The van der Waals surface area contributed by atoms with Crippen molar-refractivity contribution in [3.63, 3.8) is 0 Å². The number of amides is 1. The summed E-state index contributed by atoms with van der Waals surface area (Å²) in [6.07, 6.45) is 2.35. The number of rotatable bonds is 1. The number of ether oxygens (including phenoxy) is 1. The van der Waals surface area contributed by atoms with E-state index in [2.05, 4.69) is 10.2 Å². The summed E-state index contributed by atoms with van der Waals surface area (Å²) in [5.74, 6) is 0.658. The van der Waals surface area contributed by atoms with Gasteiger partial charge in [0.2, 0.25) is 0 Å². The first-order chi connectivity index (χ1) is 8.25. The number of aromatic nitrogens is 2. The second-order valence-corrected chi connectivity index (χ2v) is 4.58. The quantitative estimate of drug-likeness (QED) is 0.722. The van der Waals surface area contributed by atoms with Gasteiger partial charge in [-0.25, -0.2) is 0 Å². The fourth-order valence-corrected chi connectivity index (χ4v) is 2.51. The molecule has 0 saturated carbocycles. The first kappa shape index (κ1) is 10.6. The number of hydrogen-bond donors (Lipinski definition) is 2. The number of aromatic amines is 1. The Kier molecular flexibility index (Phi) is 2.51. The van der Waals surface area contributed by atoms with Gasteiger partial charge in [-0.05, 0) is 19.3 Å². The minimum absolute atomic E-state index is 0.0984.